The zero-order valence-corrected chi connectivity index (χ0v) is 27.4. The van der Waals surface area contributed by atoms with Crippen molar-refractivity contribution in [3.8, 4) is 44.5 Å². The summed E-state index contributed by atoms with van der Waals surface area (Å²) in [6.45, 7) is 21.2. The Morgan fingerprint density at radius 2 is 0.705 bits per heavy atom. The van der Waals surface area contributed by atoms with E-state index in [1.54, 1.807) is 6.08 Å². The lowest BCUT2D eigenvalue weighted by Gasteiger charge is -2.23. The van der Waals surface area contributed by atoms with E-state index in [4.69, 9.17) is 0 Å². The molecule has 44 heavy (non-hydrogen) atoms. The van der Waals surface area contributed by atoms with Crippen LogP contribution in [0.3, 0.4) is 0 Å². The van der Waals surface area contributed by atoms with Crippen LogP contribution < -0.4 is 0 Å². The van der Waals surface area contributed by atoms with Gasteiger partial charge in [0.15, 0.2) is 0 Å². The van der Waals surface area contributed by atoms with Gasteiger partial charge in [-0.2, -0.15) is 0 Å². The number of rotatable bonds is 7. The first-order valence-electron chi connectivity index (χ1n) is 15.8. The van der Waals surface area contributed by atoms with Crippen molar-refractivity contribution in [2.45, 2.75) is 80.6 Å². The van der Waals surface area contributed by atoms with Gasteiger partial charge in [-0.25, -0.2) is 0 Å². The van der Waals surface area contributed by atoms with Gasteiger partial charge in [0.05, 0.1) is 0 Å². The summed E-state index contributed by atoms with van der Waals surface area (Å²) >= 11 is 0. The Morgan fingerprint density at radius 3 is 0.955 bits per heavy atom. The van der Waals surface area contributed by atoms with Crippen molar-refractivity contribution in [1.29, 1.82) is 0 Å². The Balaban J connectivity index is 0.00000127. The van der Waals surface area contributed by atoms with Crippen LogP contribution in [-0.2, 0) is 0 Å². The summed E-state index contributed by atoms with van der Waals surface area (Å²) in [5.74, 6) is 1.48. The largest absolute Gasteiger partial charge is 0.103 e. The first-order valence-corrected chi connectivity index (χ1v) is 15.8. The van der Waals surface area contributed by atoms with Gasteiger partial charge in [0.25, 0.3) is 0 Å². The molecule has 0 nitrogen and oxygen atoms in total. The van der Waals surface area contributed by atoms with Crippen LogP contribution in [0.15, 0.2) is 122 Å². The molecule has 5 aromatic rings. The zero-order valence-electron chi connectivity index (χ0n) is 27.4. The lowest BCUT2D eigenvalue weighted by Crippen LogP contribution is -2.03. The van der Waals surface area contributed by atoms with Crippen molar-refractivity contribution in [2.24, 2.45) is 0 Å². The van der Waals surface area contributed by atoms with Gasteiger partial charge in [-0.1, -0.05) is 170 Å². The molecule has 5 rings (SSSR count). The van der Waals surface area contributed by atoms with E-state index in [-0.39, 0.29) is 7.43 Å². The third kappa shape index (κ3) is 8.06. The van der Waals surface area contributed by atoms with Gasteiger partial charge >= 0.3 is 0 Å². The predicted octanol–water partition coefficient (Wildman–Crippen LogP) is 13.9. The first-order chi connectivity index (χ1) is 20.6. The smallest absolute Gasteiger partial charge is 0.0114 e. The van der Waals surface area contributed by atoms with Crippen molar-refractivity contribution >= 4 is 0 Å². The minimum Gasteiger partial charge on any atom is -0.103 e. The lowest BCUT2D eigenvalue weighted by atomic mass is 9.81. The second kappa shape index (κ2) is 15.5. The van der Waals surface area contributed by atoms with Gasteiger partial charge in [0.2, 0.25) is 0 Å². The third-order valence-corrected chi connectivity index (χ3v) is 8.13. The average molecular weight is 581 g/mol. The Morgan fingerprint density at radius 1 is 0.455 bits per heavy atom. The summed E-state index contributed by atoms with van der Waals surface area (Å²) in [6.07, 6.45) is 1.75. The molecule has 0 aliphatic rings. The van der Waals surface area contributed by atoms with Crippen LogP contribution in [-0.4, -0.2) is 0 Å². The maximum absolute atomic E-state index is 3.36. The zero-order chi connectivity index (χ0) is 31.1. The number of aryl methyl sites for hydroxylation is 1. The molecule has 0 atom stereocenters. The lowest BCUT2D eigenvalue weighted by molar-refractivity contribution is 0.807. The molecule has 0 fully saturated rings. The molecule has 0 aliphatic heterocycles. The Bertz CT molecular complexity index is 1580. The predicted molar refractivity (Wildman–Crippen MR) is 198 cm³/mol. The summed E-state index contributed by atoms with van der Waals surface area (Å²) in [5, 5.41) is 0. The van der Waals surface area contributed by atoms with Gasteiger partial charge in [-0.15, -0.1) is 6.58 Å². The molecule has 228 valence electrons. The molecule has 5 aromatic carbocycles. The first kappa shape index (κ1) is 34.3. The maximum Gasteiger partial charge on any atom is -0.0114 e. The van der Waals surface area contributed by atoms with Crippen molar-refractivity contribution in [2.75, 3.05) is 0 Å². The number of hydrogen-bond donors (Lipinski definition) is 0. The van der Waals surface area contributed by atoms with E-state index in [9.17, 15) is 0 Å². The normalized spacial score (nSPS) is 10.8. The van der Waals surface area contributed by atoms with Gasteiger partial charge in [0.1, 0.15) is 0 Å². The molecule has 0 aromatic heterocycles. The highest BCUT2D eigenvalue weighted by Crippen LogP contribution is 2.39. The quantitative estimate of drug-likeness (QED) is 0.168. The van der Waals surface area contributed by atoms with Crippen molar-refractivity contribution in [1.82, 2.24) is 0 Å². The average Bonchev–Trinajstić information content (AvgIpc) is 3.01. The van der Waals surface area contributed by atoms with E-state index in [1.807, 2.05) is 6.92 Å². The van der Waals surface area contributed by atoms with E-state index in [0.717, 1.165) is 0 Å². The number of hydrogen-bond acceptors (Lipinski definition) is 0. The molecule has 0 spiro atoms. The molecular formula is C44H52. The SMILES string of the molecule is C.C=CC.Cc1ccc(-c2ccc(-c3ccc(-c4ccc(-c5c(C(C)C)cc(C(C)C)cc5C(C)C)cc4)cc3)cc2)cc1. The Labute approximate surface area is 268 Å². The van der Waals surface area contributed by atoms with E-state index in [2.05, 4.69) is 164 Å². The van der Waals surface area contributed by atoms with E-state index in [0.29, 0.717) is 17.8 Å². The third-order valence-electron chi connectivity index (χ3n) is 8.13. The molecule has 0 bridgehead atoms. The fourth-order valence-corrected chi connectivity index (χ4v) is 5.57. The van der Waals surface area contributed by atoms with Crippen LogP contribution in [0.4, 0.5) is 0 Å². The van der Waals surface area contributed by atoms with Crippen LogP contribution in [0.1, 0.15) is 95.9 Å². The van der Waals surface area contributed by atoms with Gasteiger partial charge in [0, 0.05) is 0 Å². The number of benzene rings is 5. The maximum atomic E-state index is 3.36. The molecule has 0 N–H and O–H groups in total. The fourth-order valence-electron chi connectivity index (χ4n) is 5.57. The minimum atomic E-state index is 0. The topological polar surface area (TPSA) is 0 Å². The minimum absolute atomic E-state index is 0. The molecular weight excluding hydrogens is 528 g/mol. The van der Waals surface area contributed by atoms with Crippen molar-refractivity contribution in [3.63, 3.8) is 0 Å². The molecule has 0 heteroatoms. The molecule has 0 unspecified atom stereocenters. The summed E-state index contributed by atoms with van der Waals surface area (Å²) in [5.41, 5.74) is 15.9. The van der Waals surface area contributed by atoms with Crippen LogP contribution >= 0.6 is 0 Å². The number of allylic oxidation sites excluding steroid dienone is 1. The van der Waals surface area contributed by atoms with Crippen LogP contribution in [0.5, 0.6) is 0 Å². The molecule has 0 heterocycles. The monoisotopic (exact) mass is 580 g/mol. The Kier molecular flexibility index (Phi) is 12.1. The highest BCUT2D eigenvalue weighted by molar-refractivity contribution is 5.77. The summed E-state index contributed by atoms with van der Waals surface area (Å²) in [6, 6.07) is 40.7. The van der Waals surface area contributed by atoms with Crippen LogP contribution in [0, 0.1) is 6.92 Å². The summed E-state index contributed by atoms with van der Waals surface area (Å²) in [4.78, 5) is 0. The van der Waals surface area contributed by atoms with Crippen LogP contribution in [0.25, 0.3) is 44.5 Å². The second-order valence-corrected chi connectivity index (χ2v) is 12.5. The van der Waals surface area contributed by atoms with E-state index < -0.39 is 0 Å². The highest BCUT2D eigenvalue weighted by atomic mass is 14.2. The van der Waals surface area contributed by atoms with E-state index >= 15 is 0 Å². The molecule has 0 saturated heterocycles. The van der Waals surface area contributed by atoms with Gasteiger partial charge < -0.3 is 0 Å². The molecule has 0 radical (unpaired) electrons. The van der Waals surface area contributed by atoms with Gasteiger partial charge in [-0.05, 0) is 92.8 Å². The molecule has 0 saturated carbocycles. The Hall–Kier alpha value is -4.16. The summed E-state index contributed by atoms with van der Waals surface area (Å²) < 4.78 is 0. The van der Waals surface area contributed by atoms with E-state index in [1.165, 1.54) is 66.8 Å². The van der Waals surface area contributed by atoms with Crippen molar-refractivity contribution in [3.05, 3.63) is 144 Å². The van der Waals surface area contributed by atoms with Crippen molar-refractivity contribution < 1.29 is 0 Å². The second-order valence-electron chi connectivity index (χ2n) is 12.5. The highest BCUT2D eigenvalue weighted by Gasteiger charge is 2.18. The van der Waals surface area contributed by atoms with Crippen LogP contribution in [0.2, 0.25) is 0 Å². The van der Waals surface area contributed by atoms with Gasteiger partial charge in [-0.3, -0.25) is 0 Å². The summed E-state index contributed by atoms with van der Waals surface area (Å²) in [7, 11) is 0. The molecule has 0 amide bonds. The standard InChI is InChI=1S/C40H42.C3H6.CH4/c1-26(2)37-24-38(27(3)4)40(39(25-37)28(5)6)36-22-20-35(21-23-36)34-18-16-33(17-19-34)32-14-12-31(13-15-32)30-10-8-29(7)9-11-30;1-3-2;/h8-28H,1-7H3;3H,1H2,2H3;1H4. The fraction of sp³-hybridized carbons (Fsp3) is 0.273. The molecule has 0 aliphatic carbocycles.